The Morgan fingerprint density at radius 1 is 1.07 bits per heavy atom. The zero-order valence-corrected chi connectivity index (χ0v) is 17.3. The molecule has 30 heavy (non-hydrogen) atoms. The van der Waals surface area contributed by atoms with Crippen molar-refractivity contribution in [3.8, 4) is 0 Å². The Balaban J connectivity index is 1.32. The standard InChI is InChI=1S/C23H27N5O2/c1-27(16-21-26-25-20-12-3-2-6-13-28(20)21)23(30)15-24-22(29)14-18-10-7-9-17-8-4-5-11-19(17)18/h4-5,7-11H,2-3,6,12-16H2,1H3,(H,24,29). The van der Waals surface area contributed by atoms with Crippen molar-refractivity contribution in [3.05, 3.63) is 59.7 Å². The maximum atomic E-state index is 12.5. The molecule has 1 N–H and O–H groups in total. The summed E-state index contributed by atoms with van der Waals surface area (Å²) >= 11 is 0. The number of rotatable bonds is 6. The van der Waals surface area contributed by atoms with Crippen LogP contribution in [0.2, 0.25) is 0 Å². The Kier molecular flexibility index (Phi) is 6.07. The number of hydrogen-bond acceptors (Lipinski definition) is 4. The molecule has 2 aromatic carbocycles. The maximum Gasteiger partial charge on any atom is 0.242 e. The predicted octanol–water partition coefficient (Wildman–Crippen LogP) is 2.48. The molecule has 0 saturated carbocycles. The summed E-state index contributed by atoms with van der Waals surface area (Å²) in [6.45, 7) is 1.27. The fourth-order valence-electron chi connectivity index (χ4n) is 3.95. The van der Waals surface area contributed by atoms with E-state index in [1.165, 1.54) is 6.42 Å². The number of fused-ring (bicyclic) bond motifs is 2. The van der Waals surface area contributed by atoms with Gasteiger partial charge in [-0.2, -0.15) is 0 Å². The van der Waals surface area contributed by atoms with Gasteiger partial charge < -0.3 is 14.8 Å². The van der Waals surface area contributed by atoms with Gasteiger partial charge in [0.2, 0.25) is 11.8 Å². The quantitative estimate of drug-likeness (QED) is 0.683. The number of aryl methyl sites for hydroxylation is 1. The van der Waals surface area contributed by atoms with E-state index in [2.05, 4.69) is 20.1 Å². The van der Waals surface area contributed by atoms with Crippen LogP contribution in [0, 0.1) is 0 Å². The van der Waals surface area contributed by atoms with Crippen LogP contribution in [0.1, 0.15) is 36.5 Å². The van der Waals surface area contributed by atoms with E-state index >= 15 is 0 Å². The van der Waals surface area contributed by atoms with Crippen molar-refractivity contribution in [2.75, 3.05) is 13.6 Å². The van der Waals surface area contributed by atoms with Gasteiger partial charge in [-0.15, -0.1) is 10.2 Å². The Bertz CT molecular complexity index is 1050. The zero-order chi connectivity index (χ0) is 20.9. The first-order chi connectivity index (χ1) is 14.6. The minimum Gasteiger partial charge on any atom is -0.347 e. The molecular weight excluding hydrogens is 378 g/mol. The molecule has 0 unspecified atom stereocenters. The second-order valence-corrected chi connectivity index (χ2v) is 7.84. The molecule has 0 bridgehead atoms. The summed E-state index contributed by atoms with van der Waals surface area (Å²) in [6, 6.07) is 13.9. The van der Waals surface area contributed by atoms with Gasteiger partial charge in [0, 0.05) is 20.0 Å². The third-order valence-electron chi connectivity index (χ3n) is 5.66. The zero-order valence-electron chi connectivity index (χ0n) is 17.3. The normalized spacial score (nSPS) is 13.5. The lowest BCUT2D eigenvalue weighted by Crippen LogP contribution is -2.38. The number of likely N-dealkylation sites (N-methyl/N-ethyl adjacent to an activating group) is 1. The molecule has 0 aliphatic carbocycles. The second-order valence-electron chi connectivity index (χ2n) is 7.84. The molecule has 0 radical (unpaired) electrons. The van der Waals surface area contributed by atoms with E-state index in [1.54, 1.807) is 11.9 Å². The maximum absolute atomic E-state index is 12.5. The van der Waals surface area contributed by atoms with Crippen molar-refractivity contribution in [1.29, 1.82) is 0 Å². The molecule has 4 rings (SSSR count). The Morgan fingerprint density at radius 3 is 2.80 bits per heavy atom. The minimum atomic E-state index is -0.163. The number of carbonyl (C=O) groups excluding carboxylic acids is 2. The van der Waals surface area contributed by atoms with E-state index in [1.807, 2.05) is 42.5 Å². The van der Waals surface area contributed by atoms with Crippen molar-refractivity contribution < 1.29 is 9.59 Å². The number of aromatic nitrogens is 3. The van der Waals surface area contributed by atoms with Gasteiger partial charge in [-0.3, -0.25) is 9.59 Å². The van der Waals surface area contributed by atoms with Gasteiger partial charge >= 0.3 is 0 Å². The van der Waals surface area contributed by atoms with Crippen LogP contribution in [0.4, 0.5) is 0 Å². The molecule has 0 atom stereocenters. The third kappa shape index (κ3) is 4.50. The predicted molar refractivity (Wildman–Crippen MR) is 115 cm³/mol. The smallest absolute Gasteiger partial charge is 0.242 e. The first kappa shape index (κ1) is 20.1. The molecule has 0 fully saturated rings. The van der Waals surface area contributed by atoms with E-state index in [0.717, 1.165) is 53.8 Å². The summed E-state index contributed by atoms with van der Waals surface area (Å²) < 4.78 is 2.13. The van der Waals surface area contributed by atoms with Gasteiger partial charge in [0.1, 0.15) is 5.82 Å². The molecule has 2 heterocycles. The van der Waals surface area contributed by atoms with Crippen LogP contribution in [-0.4, -0.2) is 45.1 Å². The number of amides is 2. The Morgan fingerprint density at radius 2 is 1.90 bits per heavy atom. The molecule has 1 aliphatic rings. The fourth-order valence-corrected chi connectivity index (χ4v) is 3.95. The van der Waals surface area contributed by atoms with Crippen LogP contribution < -0.4 is 5.32 Å². The SMILES string of the molecule is CN(Cc1nnc2n1CCCCC2)C(=O)CNC(=O)Cc1cccc2ccccc12. The topological polar surface area (TPSA) is 80.1 Å². The van der Waals surface area contributed by atoms with Crippen LogP contribution in [0.5, 0.6) is 0 Å². The lowest BCUT2D eigenvalue weighted by molar-refractivity contribution is -0.132. The fraction of sp³-hybridized carbons (Fsp3) is 0.391. The average molecular weight is 406 g/mol. The van der Waals surface area contributed by atoms with Gasteiger partial charge in [-0.25, -0.2) is 0 Å². The van der Waals surface area contributed by atoms with Crippen LogP contribution >= 0.6 is 0 Å². The summed E-state index contributed by atoms with van der Waals surface area (Å²) in [5.74, 6) is 1.51. The largest absolute Gasteiger partial charge is 0.347 e. The van der Waals surface area contributed by atoms with E-state index in [9.17, 15) is 9.59 Å². The molecule has 1 aliphatic heterocycles. The number of hydrogen-bond donors (Lipinski definition) is 1. The Labute approximate surface area is 176 Å². The second kappa shape index (κ2) is 9.07. The van der Waals surface area contributed by atoms with Crippen molar-refractivity contribution >= 4 is 22.6 Å². The summed E-state index contributed by atoms with van der Waals surface area (Å²) in [5.41, 5.74) is 0.956. The number of nitrogens with one attached hydrogen (secondary N) is 1. The average Bonchev–Trinajstić information content (AvgIpc) is 2.97. The molecule has 2 amide bonds. The molecule has 3 aromatic rings. The molecule has 0 spiro atoms. The highest BCUT2D eigenvalue weighted by Gasteiger charge is 2.18. The van der Waals surface area contributed by atoms with Crippen molar-refractivity contribution in [2.24, 2.45) is 0 Å². The first-order valence-corrected chi connectivity index (χ1v) is 10.5. The summed E-state index contributed by atoms with van der Waals surface area (Å²) in [6.07, 6.45) is 4.63. The molecule has 1 aromatic heterocycles. The minimum absolute atomic E-state index is 0.0267. The molecular formula is C23H27N5O2. The molecule has 156 valence electrons. The summed E-state index contributed by atoms with van der Waals surface area (Å²) in [4.78, 5) is 26.5. The van der Waals surface area contributed by atoms with E-state index in [4.69, 9.17) is 0 Å². The lowest BCUT2D eigenvalue weighted by atomic mass is 10.0. The molecule has 7 nitrogen and oxygen atoms in total. The highest BCUT2D eigenvalue weighted by molar-refractivity contribution is 5.91. The number of nitrogens with zero attached hydrogens (tertiary/aromatic N) is 4. The Hall–Kier alpha value is -3.22. The molecule has 7 heteroatoms. The summed E-state index contributed by atoms with van der Waals surface area (Å²) in [7, 11) is 1.73. The lowest BCUT2D eigenvalue weighted by Gasteiger charge is -2.18. The van der Waals surface area contributed by atoms with Crippen LogP contribution in [0.25, 0.3) is 10.8 Å². The first-order valence-electron chi connectivity index (χ1n) is 10.5. The van der Waals surface area contributed by atoms with Crippen LogP contribution in [0.3, 0.4) is 0 Å². The monoisotopic (exact) mass is 405 g/mol. The van der Waals surface area contributed by atoms with Crippen molar-refractivity contribution in [1.82, 2.24) is 25.0 Å². The van der Waals surface area contributed by atoms with Gasteiger partial charge in [0.25, 0.3) is 0 Å². The highest BCUT2D eigenvalue weighted by Crippen LogP contribution is 2.19. The van der Waals surface area contributed by atoms with Crippen LogP contribution in [0.15, 0.2) is 42.5 Å². The van der Waals surface area contributed by atoms with Gasteiger partial charge in [0.05, 0.1) is 19.5 Å². The highest BCUT2D eigenvalue weighted by atomic mass is 16.2. The van der Waals surface area contributed by atoms with E-state index in [-0.39, 0.29) is 24.8 Å². The van der Waals surface area contributed by atoms with Crippen molar-refractivity contribution in [2.45, 2.75) is 45.2 Å². The molecule has 0 saturated heterocycles. The number of benzene rings is 2. The summed E-state index contributed by atoms with van der Waals surface area (Å²) in [5, 5.41) is 13.5. The van der Waals surface area contributed by atoms with Gasteiger partial charge in [0.15, 0.2) is 5.82 Å². The third-order valence-corrected chi connectivity index (χ3v) is 5.66. The van der Waals surface area contributed by atoms with Gasteiger partial charge in [-0.05, 0) is 29.2 Å². The van der Waals surface area contributed by atoms with Crippen molar-refractivity contribution in [3.63, 3.8) is 0 Å². The van der Waals surface area contributed by atoms with E-state index < -0.39 is 0 Å². The number of carbonyl (C=O) groups is 2. The van der Waals surface area contributed by atoms with E-state index in [0.29, 0.717) is 6.54 Å². The van der Waals surface area contributed by atoms with Crippen LogP contribution in [-0.2, 0) is 35.5 Å². The van der Waals surface area contributed by atoms with Gasteiger partial charge in [-0.1, -0.05) is 48.9 Å².